The summed E-state index contributed by atoms with van der Waals surface area (Å²) in [6.45, 7) is 4.90. The van der Waals surface area contributed by atoms with Crippen LogP contribution in [0.3, 0.4) is 0 Å². The van der Waals surface area contributed by atoms with Crippen LogP contribution in [0.25, 0.3) is 0 Å². The van der Waals surface area contributed by atoms with Gasteiger partial charge in [-0.25, -0.2) is 0 Å². The van der Waals surface area contributed by atoms with E-state index in [2.05, 4.69) is 10.6 Å². The Balaban J connectivity index is 3.41. The smallest absolute Gasteiger partial charge is 0.233 e. The summed E-state index contributed by atoms with van der Waals surface area (Å²) in [7, 11) is 0. The molecule has 0 aliphatic rings. The number of nitrogens with one attached hydrogen (secondary N) is 2. The van der Waals surface area contributed by atoms with E-state index in [1.807, 2.05) is 19.9 Å². The molecule has 2 N–H and O–H groups in total. The second-order valence-corrected chi connectivity index (χ2v) is 2.99. The summed E-state index contributed by atoms with van der Waals surface area (Å²) in [6, 6.07) is 2.12. The van der Waals surface area contributed by atoms with E-state index in [-0.39, 0.29) is 11.9 Å². The van der Waals surface area contributed by atoms with Gasteiger partial charge < -0.3 is 10.6 Å². The molecular weight excluding hydrogens is 166 g/mol. The minimum atomic E-state index is -0.00774. The molecule has 0 saturated heterocycles. The van der Waals surface area contributed by atoms with Crippen LogP contribution < -0.4 is 10.6 Å². The van der Waals surface area contributed by atoms with Crippen molar-refractivity contribution in [2.24, 2.45) is 0 Å². The monoisotopic (exact) mass is 183 g/mol. The zero-order valence-electron chi connectivity index (χ0n) is 8.26. The average Bonchev–Trinajstić information content (AvgIpc) is 2.12. The van der Waals surface area contributed by atoms with E-state index in [0.29, 0.717) is 19.5 Å². The van der Waals surface area contributed by atoms with Crippen molar-refractivity contribution < 1.29 is 4.79 Å². The molecule has 0 fully saturated rings. The maximum absolute atomic E-state index is 11.1. The molecule has 0 aromatic carbocycles. The maximum atomic E-state index is 11.1. The van der Waals surface area contributed by atoms with Gasteiger partial charge in [0.25, 0.3) is 0 Å². The molecule has 0 aromatic heterocycles. The fourth-order valence-electron chi connectivity index (χ4n) is 0.803. The second kappa shape index (κ2) is 7.56. The first kappa shape index (κ1) is 11.9. The summed E-state index contributed by atoms with van der Waals surface area (Å²) in [6.07, 6.45) is 1.38. The van der Waals surface area contributed by atoms with Crippen LogP contribution in [-0.2, 0) is 4.79 Å². The van der Waals surface area contributed by atoms with Gasteiger partial charge in [0.15, 0.2) is 0 Å². The van der Waals surface area contributed by atoms with E-state index in [4.69, 9.17) is 5.26 Å². The van der Waals surface area contributed by atoms with Crippen molar-refractivity contribution in [1.29, 1.82) is 5.26 Å². The minimum absolute atomic E-state index is 0.00774. The number of amides is 1. The lowest BCUT2D eigenvalue weighted by molar-refractivity contribution is -0.120. The Morgan fingerprint density at radius 2 is 2.31 bits per heavy atom. The van der Waals surface area contributed by atoms with Crippen molar-refractivity contribution in [1.82, 2.24) is 10.6 Å². The van der Waals surface area contributed by atoms with Gasteiger partial charge in [0.05, 0.1) is 19.0 Å². The SMILES string of the molecule is CCCNC(=O)CNC(C)CC#N. The number of nitriles is 1. The highest BCUT2D eigenvalue weighted by Gasteiger charge is 2.03. The standard InChI is InChI=1S/C9H17N3O/c1-3-6-11-9(13)7-12-8(2)4-5-10/h8,12H,3-4,6-7H2,1-2H3,(H,11,13). The van der Waals surface area contributed by atoms with Gasteiger partial charge in [-0.2, -0.15) is 5.26 Å². The van der Waals surface area contributed by atoms with E-state index in [9.17, 15) is 4.79 Å². The molecule has 0 rings (SSSR count). The zero-order chi connectivity index (χ0) is 10.1. The zero-order valence-corrected chi connectivity index (χ0v) is 8.26. The Hall–Kier alpha value is -1.08. The predicted molar refractivity (Wildman–Crippen MR) is 51.0 cm³/mol. The van der Waals surface area contributed by atoms with Gasteiger partial charge in [0.2, 0.25) is 5.91 Å². The molecule has 1 atom stereocenters. The summed E-state index contributed by atoms with van der Waals surface area (Å²) in [5.41, 5.74) is 0. The molecule has 1 amide bonds. The van der Waals surface area contributed by atoms with Crippen LogP contribution in [0.4, 0.5) is 0 Å². The molecule has 4 nitrogen and oxygen atoms in total. The van der Waals surface area contributed by atoms with Gasteiger partial charge in [-0.05, 0) is 13.3 Å². The Kier molecular flexibility index (Phi) is 6.93. The normalized spacial score (nSPS) is 11.8. The van der Waals surface area contributed by atoms with Crippen molar-refractivity contribution in [2.75, 3.05) is 13.1 Å². The number of rotatable bonds is 6. The third-order valence-electron chi connectivity index (χ3n) is 1.58. The van der Waals surface area contributed by atoms with E-state index in [1.54, 1.807) is 0 Å². The first-order valence-electron chi connectivity index (χ1n) is 4.57. The summed E-state index contributed by atoms with van der Waals surface area (Å²) >= 11 is 0. The number of carbonyl (C=O) groups excluding carboxylic acids is 1. The summed E-state index contributed by atoms with van der Waals surface area (Å²) in [5.74, 6) is -0.00774. The van der Waals surface area contributed by atoms with Gasteiger partial charge in [0, 0.05) is 12.6 Å². The average molecular weight is 183 g/mol. The molecule has 0 bridgehead atoms. The topological polar surface area (TPSA) is 64.9 Å². The van der Waals surface area contributed by atoms with Crippen molar-refractivity contribution in [3.05, 3.63) is 0 Å². The number of carbonyl (C=O) groups is 1. The number of nitrogens with zero attached hydrogens (tertiary/aromatic N) is 1. The third kappa shape index (κ3) is 7.29. The fourth-order valence-corrected chi connectivity index (χ4v) is 0.803. The predicted octanol–water partition coefficient (Wildman–Crippen LogP) is 0.404. The van der Waals surface area contributed by atoms with Gasteiger partial charge in [-0.15, -0.1) is 0 Å². The third-order valence-corrected chi connectivity index (χ3v) is 1.58. The molecule has 74 valence electrons. The summed E-state index contributed by atoms with van der Waals surface area (Å²) in [4.78, 5) is 11.1. The van der Waals surface area contributed by atoms with E-state index in [1.165, 1.54) is 0 Å². The lowest BCUT2D eigenvalue weighted by atomic mass is 10.2. The van der Waals surface area contributed by atoms with Gasteiger partial charge >= 0.3 is 0 Å². The molecule has 4 heteroatoms. The largest absolute Gasteiger partial charge is 0.355 e. The Morgan fingerprint density at radius 3 is 2.85 bits per heavy atom. The molecule has 1 unspecified atom stereocenters. The summed E-state index contributed by atoms with van der Waals surface area (Å²) in [5, 5.41) is 14.1. The number of hydrogen-bond donors (Lipinski definition) is 2. The molecular formula is C9H17N3O. The highest BCUT2D eigenvalue weighted by molar-refractivity contribution is 5.77. The Morgan fingerprint density at radius 1 is 1.62 bits per heavy atom. The summed E-state index contributed by atoms with van der Waals surface area (Å²) < 4.78 is 0. The molecule has 0 aromatic rings. The molecule has 0 aliphatic heterocycles. The highest BCUT2D eigenvalue weighted by Crippen LogP contribution is 1.86. The quantitative estimate of drug-likeness (QED) is 0.626. The molecule has 0 heterocycles. The Labute approximate surface area is 79.3 Å². The van der Waals surface area contributed by atoms with Crippen molar-refractivity contribution in [3.8, 4) is 6.07 Å². The van der Waals surface area contributed by atoms with E-state index < -0.39 is 0 Å². The van der Waals surface area contributed by atoms with Crippen LogP contribution >= 0.6 is 0 Å². The van der Waals surface area contributed by atoms with Crippen LogP contribution in [0.15, 0.2) is 0 Å². The maximum Gasteiger partial charge on any atom is 0.233 e. The van der Waals surface area contributed by atoms with E-state index >= 15 is 0 Å². The fraction of sp³-hybridized carbons (Fsp3) is 0.778. The molecule has 0 aliphatic carbocycles. The molecule has 13 heavy (non-hydrogen) atoms. The first-order valence-corrected chi connectivity index (χ1v) is 4.57. The van der Waals surface area contributed by atoms with Crippen molar-refractivity contribution >= 4 is 5.91 Å². The van der Waals surface area contributed by atoms with Crippen LogP contribution in [-0.4, -0.2) is 25.0 Å². The molecule has 0 saturated carbocycles. The second-order valence-electron chi connectivity index (χ2n) is 2.99. The lowest BCUT2D eigenvalue weighted by Gasteiger charge is -2.09. The highest BCUT2D eigenvalue weighted by atomic mass is 16.1. The Bertz CT molecular complexity index is 186. The molecule has 0 spiro atoms. The van der Waals surface area contributed by atoms with Gasteiger partial charge in [-0.3, -0.25) is 4.79 Å². The van der Waals surface area contributed by atoms with Crippen molar-refractivity contribution in [3.63, 3.8) is 0 Å². The van der Waals surface area contributed by atoms with Gasteiger partial charge in [0.1, 0.15) is 0 Å². The van der Waals surface area contributed by atoms with Crippen LogP contribution in [0.1, 0.15) is 26.7 Å². The van der Waals surface area contributed by atoms with Crippen LogP contribution in [0.5, 0.6) is 0 Å². The lowest BCUT2D eigenvalue weighted by Crippen LogP contribution is -2.38. The van der Waals surface area contributed by atoms with Crippen molar-refractivity contribution in [2.45, 2.75) is 32.7 Å². The van der Waals surface area contributed by atoms with Crippen LogP contribution in [0.2, 0.25) is 0 Å². The van der Waals surface area contributed by atoms with E-state index in [0.717, 1.165) is 6.42 Å². The minimum Gasteiger partial charge on any atom is -0.355 e. The number of hydrogen-bond acceptors (Lipinski definition) is 3. The molecule has 0 radical (unpaired) electrons. The first-order chi connectivity index (χ1) is 6.20. The van der Waals surface area contributed by atoms with Crippen LogP contribution in [0, 0.1) is 11.3 Å². The van der Waals surface area contributed by atoms with Gasteiger partial charge in [-0.1, -0.05) is 6.92 Å².